The molecule has 1 atom stereocenters. The molecule has 0 aliphatic carbocycles. The van der Waals surface area contributed by atoms with Crippen molar-refractivity contribution in [2.24, 2.45) is 5.92 Å². The summed E-state index contributed by atoms with van der Waals surface area (Å²) < 4.78 is 0. The number of likely N-dealkylation sites (tertiary alicyclic amines) is 1. The van der Waals surface area contributed by atoms with Crippen LogP contribution in [-0.2, 0) is 9.59 Å². The fourth-order valence-electron chi connectivity index (χ4n) is 4.27. The molecule has 1 unspecified atom stereocenters. The number of anilines is 1. The predicted octanol–water partition coefficient (Wildman–Crippen LogP) is 3.79. The molecule has 1 saturated heterocycles. The lowest BCUT2D eigenvalue weighted by atomic mass is 9.95. The van der Waals surface area contributed by atoms with Crippen LogP contribution in [-0.4, -0.2) is 54.2 Å². The highest BCUT2D eigenvalue weighted by Gasteiger charge is 2.31. The normalized spacial score (nSPS) is 15.9. The number of para-hydroxylation sites is 1. The number of amides is 3. The lowest BCUT2D eigenvalue weighted by Crippen LogP contribution is -2.47. The van der Waals surface area contributed by atoms with Crippen molar-refractivity contribution in [3.8, 4) is 0 Å². The predicted molar refractivity (Wildman–Crippen MR) is 125 cm³/mol. The van der Waals surface area contributed by atoms with Gasteiger partial charge in [0.2, 0.25) is 11.8 Å². The van der Waals surface area contributed by atoms with E-state index < -0.39 is 0 Å². The highest BCUT2D eigenvalue weighted by molar-refractivity contribution is 6.07. The first-order chi connectivity index (χ1) is 15.5. The number of fused-ring (bicyclic) bond motifs is 1. The van der Waals surface area contributed by atoms with E-state index in [4.69, 9.17) is 0 Å². The molecule has 1 aliphatic rings. The maximum Gasteiger partial charge on any atom is 0.254 e. The lowest BCUT2D eigenvalue weighted by molar-refractivity contribution is -0.138. The number of piperidine rings is 1. The van der Waals surface area contributed by atoms with E-state index in [1.54, 1.807) is 24.1 Å². The number of hydrogen-bond acceptors (Lipinski definition) is 3. The summed E-state index contributed by atoms with van der Waals surface area (Å²) in [4.78, 5) is 41.8. The minimum Gasteiger partial charge on any atom is -0.338 e. The molecular formula is C26H27N3O3. The Labute approximate surface area is 187 Å². The quantitative estimate of drug-likeness (QED) is 0.671. The Hall–Kier alpha value is -3.67. The molecule has 1 heterocycles. The van der Waals surface area contributed by atoms with Gasteiger partial charge in [0.15, 0.2) is 0 Å². The van der Waals surface area contributed by atoms with Crippen molar-refractivity contribution in [2.45, 2.75) is 12.8 Å². The molecule has 0 bridgehead atoms. The molecule has 3 aromatic carbocycles. The number of carbonyl (C=O) groups excluding carboxylic acids is 3. The van der Waals surface area contributed by atoms with Crippen LogP contribution in [0.2, 0.25) is 0 Å². The van der Waals surface area contributed by atoms with E-state index in [-0.39, 0.29) is 30.2 Å². The van der Waals surface area contributed by atoms with Gasteiger partial charge in [0, 0.05) is 31.4 Å². The van der Waals surface area contributed by atoms with Crippen LogP contribution in [0, 0.1) is 5.92 Å². The average molecular weight is 430 g/mol. The molecule has 1 N–H and O–H groups in total. The maximum atomic E-state index is 13.3. The highest BCUT2D eigenvalue weighted by Crippen LogP contribution is 2.24. The average Bonchev–Trinajstić information content (AvgIpc) is 2.83. The Morgan fingerprint density at radius 3 is 2.50 bits per heavy atom. The van der Waals surface area contributed by atoms with Gasteiger partial charge in [0.25, 0.3) is 5.91 Å². The van der Waals surface area contributed by atoms with Gasteiger partial charge in [-0.05, 0) is 41.8 Å². The SMILES string of the molecule is CN(CC(=O)Nc1ccccc1)C(=O)C1CCCN(C(=O)c2cccc3ccccc23)C1. The van der Waals surface area contributed by atoms with E-state index in [2.05, 4.69) is 5.32 Å². The summed E-state index contributed by atoms with van der Waals surface area (Å²) in [6.07, 6.45) is 1.47. The topological polar surface area (TPSA) is 69.7 Å². The summed E-state index contributed by atoms with van der Waals surface area (Å²) in [5, 5.41) is 4.74. The number of hydrogen-bond donors (Lipinski definition) is 1. The Kier molecular flexibility index (Phi) is 6.50. The van der Waals surface area contributed by atoms with Crippen molar-refractivity contribution in [3.63, 3.8) is 0 Å². The molecule has 3 aromatic rings. The second kappa shape index (κ2) is 9.64. The summed E-state index contributed by atoms with van der Waals surface area (Å²) in [5.74, 6) is -0.712. The minimum absolute atomic E-state index is 0.0263. The monoisotopic (exact) mass is 429 g/mol. The summed E-state index contributed by atoms with van der Waals surface area (Å²) in [6.45, 7) is 0.969. The zero-order chi connectivity index (χ0) is 22.5. The first-order valence-electron chi connectivity index (χ1n) is 10.9. The molecule has 3 amide bonds. The van der Waals surface area contributed by atoms with E-state index in [9.17, 15) is 14.4 Å². The summed E-state index contributed by atoms with van der Waals surface area (Å²) in [5.41, 5.74) is 1.36. The fourth-order valence-corrected chi connectivity index (χ4v) is 4.27. The van der Waals surface area contributed by atoms with Gasteiger partial charge in [-0.15, -0.1) is 0 Å². The van der Waals surface area contributed by atoms with Crippen LogP contribution in [0.4, 0.5) is 5.69 Å². The van der Waals surface area contributed by atoms with E-state index in [0.717, 1.165) is 17.2 Å². The Morgan fingerprint density at radius 1 is 0.969 bits per heavy atom. The number of likely N-dealkylation sites (N-methyl/N-ethyl adjacent to an activating group) is 1. The fraction of sp³-hybridized carbons (Fsp3) is 0.269. The van der Waals surface area contributed by atoms with Gasteiger partial charge in [0.05, 0.1) is 12.5 Å². The molecule has 6 heteroatoms. The van der Waals surface area contributed by atoms with Gasteiger partial charge in [-0.1, -0.05) is 54.6 Å². The summed E-state index contributed by atoms with van der Waals surface area (Å²) in [7, 11) is 1.64. The highest BCUT2D eigenvalue weighted by atomic mass is 16.2. The maximum absolute atomic E-state index is 13.3. The van der Waals surface area contributed by atoms with Gasteiger partial charge < -0.3 is 15.1 Å². The zero-order valence-electron chi connectivity index (χ0n) is 18.2. The van der Waals surface area contributed by atoms with E-state index >= 15 is 0 Å². The molecule has 4 rings (SSSR count). The Bertz CT molecular complexity index is 1120. The van der Waals surface area contributed by atoms with Gasteiger partial charge in [-0.3, -0.25) is 14.4 Å². The molecule has 32 heavy (non-hydrogen) atoms. The minimum atomic E-state index is -0.308. The molecule has 1 aliphatic heterocycles. The third-order valence-corrected chi connectivity index (χ3v) is 5.89. The summed E-state index contributed by atoms with van der Waals surface area (Å²) in [6, 6.07) is 22.7. The molecule has 0 aromatic heterocycles. The van der Waals surface area contributed by atoms with Crippen molar-refractivity contribution in [1.29, 1.82) is 0 Å². The molecule has 164 valence electrons. The molecule has 1 fully saturated rings. The van der Waals surface area contributed by atoms with Crippen LogP contribution >= 0.6 is 0 Å². The second-order valence-electron chi connectivity index (χ2n) is 8.23. The molecule has 0 saturated carbocycles. The van der Waals surface area contributed by atoms with E-state index in [1.807, 2.05) is 60.7 Å². The lowest BCUT2D eigenvalue weighted by Gasteiger charge is -2.34. The first-order valence-corrected chi connectivity index (χ1v) is 10.9. The van der Waals surface area contributed by atoms with Crippen molar-refractivity contribution in [3.05, 3.63) is 78.4 Å². The third kappa shape index (κ3) is 4.80. The van der Waals surface area contributed by atoms with Crippen LogP contribution in [0.15, 0.2) is 72.8 Å². The standard InChI is InChI=1S/C26H27N3O3/c1-28(18-24(30)27-21-12-3-2-4-13-21)25(31)20-11-8-16-29(17-20)26(32)23-15-7-10-19-9-5-6-14-22(19)23/h2-7,9-10,12-15,20H,8,11,16-18H2,1H3,(H,27,30). The first kappa shape index (κ1) is 21.6. The van der Waals surface area contributed by atoms with Crippen LogP contribution < -0.4 is 5.32 Å². The van der Waals surface area contributed by atoms with Crippen molar-refractivity contribution >= 4 is 34.2 Å². The summed E-state index contributed by atoms with van der Waals surface area (Å²) >= 11 is 0. The second-order valence-corrected chi connectivity index (χ2v) is 8.23. The van der Waals surface area contributed by atoms with Crippen LogP contribution in [0.3, 0.4) is 0 Å². The number of carbonyl (C=O) groups is 3. The van der Waals surface area contributed by atoms with Crippen molar-refractivity contribution < 1.29 is 14.4 Å². The third-order valence-electron chi connectivity index (χ3n) is 5.89. The van der Waals surface area contributed by atoms with Crippen LogP contribution in [0.1, 0.15) is 23.2 Å². The van der Waals surface area contributed by atoms with Crippen molar-refractivity contribution in [2.75, 3.05) is 32.0 Å². The van der Waals surface area contributed by atoms with Gasteiger partial charge in [-0.2, -0.15) is 0 Å². The van der Waals surface area contributed by atoms with Crippen LogP contribution in [0.25, 0.3) is 10.8 Å². The zero-order valence-corrected chi connectivity index (χ0v) is 18.2. The molecule has 0 radical (unpaired) electrons. The van der Waals surface area contributed by atoms with E-state index in [0.29, 0.717) is 30.8 Å². The molecular weight excluding hydrogens is 402 g/mol. The van der Waals surface area contributed by atoms with Gasteiger partial charge in [0.1, 0.15) is 0 Å². The molecule has 0 spiro atoms. The van der Waals surface area contributed by atoms with Crippen LogP contribution in [0.5, 0.6) is 0 Å². The van der Waals surface area contributed by atoms with Gasteiger partial charge in [-0.25, -0.2) is 0 Å². The largest absolute Gasteiger partial charge is 0.338 e. The number of benzene rings is 3. The number of rotatable bonds is 5. The number of nitrogens with zero attached hydrogens (tertiary/aromatic N) is 2. The number of nitrogens with one attached hydrogen (secondary N) is 1. The van der Waals surface area contributed by atoms with Crippen molar-refractivity contribution in [1.82, 2.24) is 9.80 Å². The Balaban J connectivity index is 1.40. The molecule has 6 nitrogen and oxygen atoms in total. The Morgan fingerprint density at radius 2 is 1.69 bits per heavy atom. The van der Waals surface area contributed by atoms with Gasteiger partial charge >= 0.3 is 0 Å². The van der Waals surface area contributed by atoms with E-state index in [1.165, 1.54) is 4.90 Å². The smallest absolute Gasteiger partial charge is 0.254 e.